The highest BCUT2D eigenvalue weighted by Gasteiger charge is 2.22. The van der Waals surface area contributed by atoms with Crippen LogP contribution in [0.4, 0.5) is 0 Å². The van der Waals surface area contributed by atoms with Gasteiger partial charge < -0.3 is 10.6 Å². The van der Waals surface area contributed by atoms with Crippen LogP contribution in [0, 0.1) is 0 Å². The molecule has 2 heterocycles. The summed E-state index contributed by atoms with van der Waals surface area (Å²) in [6.07, 6.45) is 4.74. The number of piperidine rings is 1. The summed E-state index contributed by atoms with van der Waals surface area (Å²) < 4.78 is 1.79. The Morgan fingerprint density at radius 1 is 1.11 bits per heavy atom. The first kappa shape index (κ1) is 18.4. The van der Waals surface area contributed by atoms with Gasteiger partial charge in [0.1, 0.15) is 5.69 Å². The molecule has 3 aromatic rings. The first-order valence-electron chi connectivity index (χ1n) is 10.0. The van der Waals surface area contributed by atoms with Gasteiger partial charge in [0.2, 0.25) is 0 Å². The molecule has 5 nitrogen and oxygen atoms in total. The summed E-state index contributed by atoms with van der Waals surface area (Å²) in [5.41, 5.74) is 4.51. The van der Waals surface area contributed by atoms with Crippen LogP contribution in [0.15, 0.2) is 60.8 Å². The van der Waals surface area contributed by atoms with Gasteiger partial charge in [-0.1, -0.05) is 49.4 Å². The van der Waals surface area contributed by atoms with Crippen LogP contribution in [-0.2, 0) is 6.42 Å². The zero-order valence-corrected chi connectivity index (χ0v) is 16.2. The molecule has 5 heteroatoms. The zero-order valence-electron chi connectivity index (χ0n) is 16.2. The van der Waals surface area contributed by atoms with Crippen molar-refractivity contribution in [2.45, 2.75) is 32.2 Å². The molecule has 2 aromatic carbocycles. The molecular weight excluding hydrogens is 348 g/mol. The molecule has 1 fully saturated rings. The molecule has 1 saturated heterocycles. The summed E-state index contributed by atoms with van der Waals surface area (Å²) in [4.78, 5) is 13.1. The summed E-state index contributed by atoms with van der Waals surface area (Å²) in [5.74, 6) is -0.0522. The van der Waals surface area contributed by atoms with Gasteiger partial charge in [-0.15, -0.1) is 0 Å². The molecule has 0 unspecified atom stereocenters. The van der Waals surface area contributed by atoms with E-state index in [1.165, 1.54) is 5.56 Å². The Labute approximate surface area is 165 Å². The van der Waals surface area contributed by atoms with Crippen molar-refractivity contribution in [3.63, 3.8) is 0 Å². The van der Waals surface area contributed by atoms with Crippen molar-refractivity contribution in [1.29, 1.82) is 0 Å². The molecule has 0 spiro atoms. The normalized spacial score (nSPS) is 14.8. The third-order valence-electron chi connectivity index (χ3n) is 5.29. The van der Waals surface area contributed by atoms with Gasteiger partial charge >= 0.3 is 0 Å². The number of carbonyl (C=O) groups excluding carboxylic acids is 1. The highest BCUT2D eigenvalue weighted by atomic mass is 16.1. The van der Waals surface area contributed by atoms with Crippen molar-refractivity contribution < 1.29 is 4.79 Å². The molecule has 0 bridgehead atoms. The van der Waals surface area contributed by atoms with E-state index in [2.05, 4.69) is 41.8 Å². The lowest BCUT2D eigenvalue weighted by Crippen LogP contribution is -2.42. The maximum atomic E-state index is 13.1. The molecule has 1 aliphatic heterocycles. The fourth-order valence-corrected chi connectivity index (χ4v) is 3.59. The molecular formula is C23H26N4O. The minimum Gasteiger partial charge on any atom is -0.349 e. The van der Waals surface area contributed by atoms with Gasteiger partial charge in [-0.25, -0.2) is 4.68 Å². The largest absolute Gasteiger partial charge is 0.349 e. The smallest absolute Gasteiger partial charge is 0.255 e. The molecule has 4 rings (SSSR count). The summed E-state index contributed by atoms with van der Waals surface area (Å²) in [6, 6.07) is 18.4. The van der Waals surface area contributed by atoms with Gasteiger partial charge in [0, 0.05) is 17.8 Å². The number of rotatable bonds is 5. The molecule has 0 radical (unpaired) electrons. The number of para-hydroxylation sites is 1. The van der Waals surface area contributed by atoms with Crippen LogP contribution in [0.3, 0.4) is 0 Å². The standard InChI is InChI=1S/C23H26N4O/c1-2-17-8-10-18(11-9-17)22-21(23(28)25-19-12-14-24-15-13-19)16-27(26-22)20-6-4-3-5-7-20/h3-11,16,19,24H,2,12-15H2,1H3,(H,25,28). The number of nitrogens with zero attached hydrogens (tertiary/aromatic N) is 2. The van der Waals surface area contributed by atoms with Crippen LogP contribution in [0.5, 0.6) is 0 Å². The molecule has 28 heavy (non-hydrogen) atoms. The second kappa shape index (κ2) is 8.40. The fourth-order valence-electron chi connectivity index (χ4n) is 3.59. The number of carbonyl (C=O) groups is 1. The number of nitrogens with one attached hydrogen (secondary N) is 2. The Hall–Kier alpha value is -2.92. The predicted molar refractivity (Wildman–Crippen MR) is 112 cm³/mol. The van der Waals surface area contributed by atoms with Crippen molar-refractivity contribution >= 4 is 5.91 Å². The second-order valence-corrected chi connectivity index (χ2v) is 7.22. The van der Waals surface area contributed by atoms with E-state index in [4.69, 9.17) is 5.10 Å². The van der Waals surface area contributed by atoms with Crippen LogP contribution >= 0.6 is 0 Å². The summed E-state index contributed by atoms with van der Waals surface area (Å²) in [7, 11) is 0. The predicted octanol–water partition coefficient (Wildman–Crippen LogP) is 3.58. The van der Waals surface area contributed by atoms with Crippen molar-refractivity contribution in [2.75, 3.05) is 13.1 Å². The van der Waals surface area contributed by atoms with Crippen LogP contribution in [0.1, 0.15) is 35.7 Å². The molecule has 1 aliphatic rings. The molecule has 1 amide bonds. The lowest BCUT2D eigenvalue weighted by atomic mass is 10.0. The van der Waals surface area contributed by atoms with Crippen LogP contribution in [0.2, 0.25) is 0 Å². The lowest BCUT2D eigenvalue weighted by molar-refractivity contribution is 0.0930. The zero-order chi connectivity index (χ0) is 19.3. The van der Waals surface area contributed by atoms with E-state index in [0.29, 0.717) is 5.56 Å². The van der Waals surface area contributed by atoms with Gasteiger partial charge in [-0.05, 0) is 50.0 Å². The van der Waals surface area contributed by atoms with E-state index < -0.39 is 0 Å². The molecule has 144 valence electrons. The monoisotopic (exact) mass is 374 g/mol. The molecule has 0 saturated carbocycles. The van der Waals surface area contributed by atoms with E-state index in [1.54, 1.807) is 4.68 Å². The molecule has 0 aliphatic carbocycles. The fraction of sp³-hybridized carbons (Fsp3) is 0.304. The number of amides is 1. The van der Waals surface area contributed by atoms with Crippen LogP contribution in [0.25, 0.3) is 16.9 Å². The van der Waals surface area contributed by atoms with Crippen LogP contribution < -0.4 is 10.6 Å². The lowest BCUT2D eigenvalue weighted by Gasteiger charge is -2.23. The summed E-state index contributed by atoms with van der Waals surface area (Å²) in [5, 5.41) is 11.3. The topological polar surface area (TPSA) is 59.0 Å². The first-order valence-corrected chi connectivity index (χ1v) is 10.0. The van der Waals surface area contributed by atoms with Gasteiger partial charge in [0.15, 0.2) is 0 Å². The number of aryl methyl sites for hydroxylation is 1. The average molecular weight is 374 g/mol. The Bertz CT molecular complexity index is 925. The third-order valence-corrected chi connectivity index (χ3v) is 5.29. The van der Waals surface area contributed by atoms with E-state index >= 15 is 0 Å². The maximum Gasteiger partial charge on any atom is 0.255 e. The maximum absolute atomic E-state index is 13.1. The Morgan fingerprint density at radius 3 is 2.50 bits per heavy atom. The third kappa shape index (κ3) is 3.99. The van der Waals surface area contributed by atoms with E-state index in [0.717, 1.165) is 49.3 Å². The second-order valence-electron chi connectivity index (χ2n) is 7.22. The minimum absolute atomic E-state index is 0.0522. The Kier molecular flexibility index (Phi) is 5.53. The van der Waals surface area contributed by atoms with Crippen molar-refractivity contribution in [3.05, 3.63) is 71.9 Å². The molecule has 0 atom stereocenters. The number of aromatic nitrogens is 2. The van der Waals surface area contributed by atoms with Gasteiger partial charge in [-0.2, -0.15) is 5.10 Å². The average Bonchev–Trinajstić information content (AvgIpc) is 3.21. The van der Waals surface area contributed by atoms with Gasteiger partial charge in [0.25, 0.3) is 5.91 Å². The van der Waals surface area contributed by atoms with Gasteiger partial charge in [0.05, 0.1) is 11.3 Å². The molecule has 2 N–H and O–H groups in total. The summed E-state index contributed by atoms with van der Waals surface area (Å²) >= 11 is 0. The van der Waals surface area contributed by atoms with Crippen molar-refractivity contribution in [1.82, 2.24) is 20.4 Å². The Morgan fingerprint density at radius 2 is 1.82 bits per heavy atom. The minimum atomic E-state index is -0.0522. The highest BCUT2D eigenvalue weighted by molar-refractivity contribution is 6.00. The Balaban J connectivity index is 1.69. The van der Waals surface area contributed by atoms with Crippen LogP contribution in [-0.4, -0.2) is 34.8 Å². The van der Waals surface area contributed by atoms with E-state index in [9.17, 15) is 4.79 Å². The summed E-state index contributed by atoms with van der Waals surface area (Å²) in [6.45, 7) is 4.02. The van der Waals surface area contributed by atoms with Gasteiger partial charge in [-0.3, -0.25) is 4.79 Å². The quantitative estimate of drug-likeness (QED) is 0.718. The van der Waals surface area contributed by atoms with E-state index in [-0.39, 0.29) is 11.9 Å². The SMILES string of the molecule is CCc1ccc(-c2nn(-c3ccccc3)cc2C(=O)NC2CCNCC2)cc1. The van der Waals surface area contributed by atoms with E-state index in [1.807, 2.05) is 36.5 Å². The molecule has 1 aromatic heterocycles. The van der Waals surface area contributed by atoms with Crippen molar-refractivity contribution in [3.8, 4) is 16.9 Å². The number of hydrogen-bond acceptors (Lipinski definition) is 3. The number of hydrogen-bond donors (Lipinski definition) is 2. The highest BCUT2D eigenvalue weighted by Crippen LogP contribution is 2.25. The van der Waals surface area contributed by atoms with Crippen molar-refractivity contribution in [2.24, 2.45) is 0 Å². The number of benzene rings is 2. The first-order chi connectivity index (χ1) is 13.7.